The molecule has 0 amide bonds. The Bertz CT molecular complexity index is 725. The highest BCUT2D eigenvalue weighted by atomic mass is 127. The molecule has 26 heavy (non-hydrogen) atoms. The van der Waals surface area contributed by atoms with E-state index in [0.29, 0.717) is 24.6 Å². The smallest absolute Gasteiger partial charge is 0.357 e. The van der Waals surface area contributed by atoms with Crippen molar-refractivity contribution in [3.63, 3.8) is 0 Å². The van der Waals surface area contributed by atoms with E-state index in [0.717, 1.165) is 23.8 Å². The number of alkyl halides is 3. The van der Waals surface area contributed by atoms with Crippen LogP contribution in [0.25, 0.3) is 0 Å². The molecule has 2 rings (SSSR count). The summed E-state index contributed by atoms with van der Waals surface area (Å²) in [4.78, 5) is 4.38. The molecular weight excluding hydrogens is 460 g/mol. The van der Waals surface area contributed by atoms with Crippen LogP contribution in [0.2, 0.25) is 0 Å². The molecule has 2 aromatic rings. The number of aliphatic imine (C=N–C) groups is 1. The van der Waals surface area contributed by atoms with Crippen LogP contribution in [-0.4, -0.2) is 27.3 Å². The molecular formula is C16H22F3IN6. The van der Waals surface area contributed by atoms with Gasteiger partial charge in [0.05, 0.1) is 18.7 Å². The number of benzene rings is 1. The lowest BCUT2D eigenvalue weighted by atomic mass is 10.1. The zero-order valence-corrected chi connectivity index (χ0v) is 17.1. The lowest BCUT2D eigenvalue weighted by molar-refractivity contribution is -0.137. The Labute approximate surface area is 167 Å². The van der Waals surface area contributed by atoms with Gasteiger partial charge in [-0.05, 0) is 31.5 Å². The molecule has 0 bridgehead atoms. The van der Waals surface area contributed by atoms with E-state index in [9.17, 15) is 13.2 Å². The van der Waals surface area contributed by atoms with Crippen LogP contribution >= 0.6 is 24.0 Å². The minimum atomic E-state index is -4.33. The molecule has 0 unspecified atom stereocenters. The molecule has 0 atom stereocenters. The number of nitrogens with zero attached hydrogens (tertiary/aromatic N) is 4. The van der Waals surface area contributed by atoms with Crippen molar-refractivity contribution < 1.29 is 13.2 Å². The fourth-order valence-corrected chi connectivity index (χ4v) is 2.08. The topological polar surface area (TPSA) is 67.1 Å². The number of halogens is 4. The van der Waals surface area contributed by atoms with Crippen LogP contribution in [0.5, 0.6) is 0 Å². The highest BCUT2D eigenvalue weighted by Gasteiger charge is 2.29. The summed E-state index contributed by atoms with van der Waals surface area (Å²) in [5, 5.41) is 14.3. The van der Waals surface area contributed by atoms with E-state index in [1.54, 1.807) is 0 Å². The average molecular weight is 482 g/mol. The van der Waals surface area contributed by atoms with Crippen LogP contribution < -0.4 is 10.6 Å². The van der Waals surface area contributed by atoms with Crippen molar-refractivity contribution in [1.82, 2.24) is 25.4 Å². The van der Waals surface area contributed by atoms with Gasteiger partial charge in [-0.2, -0.15) is 13.2 Å². The van der Waals surface area contributed by atoms with Crippen LogP contribution in [0.1, 0.15) is 29.7 Å². The Balaban J connectivity index is 0.00000338. The quantitative estimate of drug-likeness (QED) is 0.391. The van der Waals surface area contributed by atoms with E-state index in [1.807, 2.05) is 25.5 Å². The van der Waals surface area contributed by atoms with Gasteiger partial charge in [0.25, 0.3) is 0 Å². The molecule has 1 aromatic carbocycles. The third-order valence-electron chi connectivity index (χ3n) is 3.64. The zero-order chi connectivity index (χ0) is 18.4. The number of aromatic nitrogens is 3. The highest BCUT2D eigenvalue weighted by molar-refractivity contribution is 14.0. The van der Waals surface area contributed by atoms with Crippen molar-refractivity contribution in [3.8, 4) is 0 Å². The number of rotatable bonds is 5. The van der Waals surface area contributed by atoms with Gasteiger partial charge in [-0.15, -0.1) is 34.2 Å². The molecule has 144 valence electrons. The first-order valence-electron chi connectivity index (χ1n) is 7.84. The molecule has 0 saturated heterocycles. The molecule has 0 aliphatic rings. The van der Waals surface area contributed by atoms with Crippen molar-refractivity contribution in [3.05, 3.63) is 47.0 Å². The highest BCUT2D eigenvalue weighted by Crippen LogP contribution is 2.29. The maximum absolute atomic E-state index is 12.6. The van der Waals surface area contributed by atoms with Crippen molar-refractivity contribution in [2.45, 2.75) is 33.1 Å². The summed E-state index contributed by atoms with van der Waals surface area (Å²) in [5.74, 6) is 2.13. The van der Waals surface area contributed by atoms with Gasteiger partial charge in [0.1, 0.15) is 5.82 Å². The van der Waals surface area contributed by atoms with Gasteiger partial charge < -0.3 is 15.2 Å². The maximum atomic E-state index is 12.6. The van der Waals surface area contributed by atoms with Crippen molar-refractivity contribution in [1.29, 1.82) is 0 Å². The SMILES string of the molecule is CCNC(=NCc1ccc(C(F)(F)F)cc1)NCc1nnc(C)n1C.I. The fourth-order valence-electron chi connectivity index (χ4n) is 2.08. The Morgan fingerprint density at radius 1 is 1.15 bits per heavy atom. The molecule has 0 fully saturated rings. The third kappa shape index (κ3) is 6.15. The van der Waals surface area contributed by atoms with Gasteiger partial charge >= 0.3 is 6.18 Å². The molecule has 1 aromatic heterocycles. The lowest BCUT2D eigenvalue weighted by Crippen LogP contribution is -2.37. The second kappa shape index (κ2) is 9.74. The van der Waals surface area contributed by atoms with Gasteiger partial charge in [-0.1, -0.05) is 12.1 Å². The molecule has 0 spiro atoms. The first-order chi connectivity index (χ1) is 11.8. The van der Waals surface area contributed by atoms with Gasteiger partial charge in [-0.3, -0.25) is 0 Å². The Morgan fingerprint density at radius 3 is 2.31 bits per heavy atom. The predicted octanol–water partition coefficient (Wildman–Crippen LogP) is 3.02. The molecule has 6 nitrogen and oxygen atoms in total. The van der Waals surface area contributed by atoms with Crippen molar-refractivity contribution >= 4 is 29.9 Å². The summed E-state index contributed by atoms with van der Waals surface area (Å²) in [6.45, 7) is 5.17. The molecule has 10 heteroatoms. The zero-order valence-electron chi connectivity index (χ0n) is 14.8. The van der Waals surface area contributed by atoms with Gasteiger partial charge in [0.2, 0.25) is 0 Å². The van der Waals surface area contributed by atoms with Crippen LogP contribution in [-0.2, 0) is 26.3 Å². The first-order valence-corrected chi connectivity index (χ1v) is 7.84. The second-order valence-corrected chi connectivity index (χ2v) is 5.47. The Hall–Kier alpha value is -1.85. The molecule has 1 heterocycles. The summed E-state index contributed by atoms with van der Waals surface area (Å²) in [7, 11) is 1.87. The number of guanidine groups is 1. The standard InChI is InChI=1S/C16H21F3N6.HI/c1-4-20-15(22-10-14-24-23-11(2)25(14)3)21-9-12-5-7-13(8-6-12)16(17,18)19;/h5-8H,4,9-10H2,1-3H3,(H2,20,21,22);1H. The van der Waals surface area contributed by atoms with E-state index in [2.05, 4.69) is 25.8 Å². The van der Waals surface area contributed by atoms with E-state index in [-0.39, 0.29) is 30.5 Å². The van der Waals surface area contributed by atoms with Gasteiger partial charge in [0.15, 0.2) is 11.8 Å². The van der Waals surface area contributed by atoms with E-state index >= 15 is 0 Å². The van der Waals surface area contributed by atoms with E-state index in [1.165, 1.54) is 12.1 Å². The van der Waals surface area contributed by atoms with Crippen LogP contribution in [0, 0.1) is 6.92 Å². The molecule has 2 N–H and O–H groups in total. The molecule has 0 aliphatic carbocycles. The van der Waals surface area contributed by atoms with Gasteiger partial charge in [0, 0.05) is 13.6 Å². The van der Waals surface area contributed by atoms with E-state index in [4.69, 9.17) is 0 Å². The third-order valence-corrected chi connectivity index (χ3v) is 3.64. The van der Waals surface area contributed by atoms with Gasteiger partial charge in [-0.25, -0.2) is 4.99 Å². The van der Waals surface area contributed by atoms with Crippen molar-refractivity contribution in [2.24, 2.45) is 12.0 Å². The van der Waals surface area contributed by atoms with E-state index < -0.39 is 11.7 Å². The lowest BCUT2D eigenvalue weighted by Gasteiger charge is -2.11. The largest absolute Gasteiger partial charge is 0.416 e. The number of hydrogen-bond donors (Lipinski definition) is 2. The Morgan fingerprint density at radius 2 is 1.81 bits per heavy atom. The van der Waals surface area contributed by atoms with Crippen LogP contribution in [0.3, 0.4) is 0 Å². The first kappa shape index (κ1) is 22.2. The van der Waals surface area contributed by atoms with Crippen molar-refractivity contribution in [2.75, 3.05) is 6.54 Å². The monoisotopic (exact) mass is 482 g/mol. The summed E-state index contributed by atoms with van der Waals surface area (Å²) in [6.07, 6.45) is -4.33. The number of aryl methyl sites for hydroxylation is 1. The summed E-state index contributed by atoms with van der Waals surface area (Å²) >= 11 is 0. The fraction of sp³-hybridized carbons (Fsp3) is 0.438. The summed E-state index contributed by atoms with van der Waals surface area (Å²) < 4.78 is 39.6. The average Bonchev–Trinajstić information content (AvgIpc) is 2.89. The second-order valence-electron chi connectivity index (χ2n) is 5.47. The summed E-state index contributed by atoms with van der Waals surface area (Å²) in [6, 6.07) is 4.99. The minimum absolute atomic E-state index is 0. The number of nitrogens with one attached hydrogen (secondary N) is 2. The maximum Gasteiger partial charge on any atom is 0.416 e. The predicted molar refractivity (Wildman–Crippen MR) is 104 cm³/mol. The molecule has 0 saturated carbocycles. The molecule has 0 radical (unpaired) electrons. The minimum Gasteiger partial charge on any atom is -0.357 e. The normalized spacial score (nSPS) is 11.8. The number of hydrogen-bond acceptors (Lipinski definition) is 3. The molecule has 0 aliphatic heterocycles. The Kier molecular flexibility index (Phi) is 8.31. The summed E-state index contributed by atoms with van der Waals surface area (Å²) in [5.41, 5.74) is 0.0302. The van der Waals surface area contributed by atoms with Crippen LogP contribution in [0.4, 0.5) is 13.2 Å². The van der Waals surface area contributed by atoms with Crippen LogP contribution in [0.15, 0.2) is 29.3 Å².